The van der Waals surface area contributed by atoms with Crippen molar-refractivity contribution in [1.82, 2.24) is 4.90 Å². The minimum atomic E-state index is -0.327. The molecule has 122 valence electrons. The van der Waals surface area contributed by atoms with Crippen LogP contribution in [0.2, 0.25) is 0 Å². The van der Waals surface area contributed by atoms with E-state index >= 15 is 0 Å². The van der Waals surface area contributed by atoms with Crippen molar-refractivity contribution in [2.24, 2.45) is 5.92 Å². The quantitative estimate of drug-likeness (QED) is 0.754. The first kappa shape index (κ1) is 16.8. The maximum absolute atomic E-state index is 12.0. The standard InChI is InChI=1S/C17H25NO4/c1-13(2)10-18-8-9-21-16(11-18)12-22-17(19)14-4-6-15(20-3)7-5-14/h4-7,13,16H,8-12H2,1-3H3. The average molecular weight is 307 g/mol. The second-order valence-corrected chi connectivity index (χ2v) is 5.97. The Hall–Kier alpha value is -1.59. The zero-order chi connectivity index (χ0) is 15.9. The van der Waals surface area contributed by atoms with E-state index in [4.69, 9.17) is 14.2 Å². The molecule has 1 atom stereocenters. The molecule has 0 bridgehead atoms. The van der Waals surface area contributed by atoms with E-state index in [1.54, 1.807) is 31.4 Å². The number of rotatable bonds is 6. The van der Waals surface area contributed by atoms with Gasteiger partial charge in [-0.15, -0.1) is 0 Å². The van der Waals surface area contributed by atoms with Crippen LogP contribution in [0.1, 0.15) is 24.2 Å². The van der Waals surface area contributed by atoms with E-state index in [2.05, 4.69) is 18.7 Å². The van der Waals surface area contributed by atoms with Crippen LogP contribution < -0.4 is 4.74 Å². The summed E-state index contributed by atoms with van der Waals surface area (Å²) in [6.45, 7) is 8.20. The van der Waals surface area contributed by atoms with Crippen LogP contribution in [0.15, 0.2) is 24.3 Å². The lowest BCUT2D eigenvalue weighted by Crippen LogP contribution is -2.45. The van der Waals surface area contributed by atoms with Gasteiger partial charge in [0.05, 0.1) is 19.3 Å². The second kappa shape index (κ2) is 8.15. The molecule has 0 saturated carbocycles. The molecule has 2 rings (SSSR count). The number of carbonyl (C=O) groups excluding carboxylic acids is 1. The van der Waals surface area contributed by atoms with Crippen LogP contribution >= 0.6 is 0 Å². The smallest absolute Gasteiger partial charge is 0.338 e. The van der Waals surface area contributed by atoms with Crippen LogP contribution in [0.25, 0.3) is 0 Å². The first-order valence-corrected chi connectivity index (χ1v) is 7.73. The molecule has 0 aliphatic carbocycles. The number of ether oxygens (including phenoxy) is 3. The van der Waals surface area contributed by atoms with Crippen molar-refractivity contribution in [1.29, 1.82) is 0 Å². The molecule has 0 aromatic heterocycles. The Labute approximate surface area is 132 Å². The van der Waals surface area contributed by atoms with Gasteiger partial charge >= 0.3 is 5.97 Å². The van der Waals surface area contributed by atoms with Gasteiger partial charge in [-0.2, -0.15) is 0 Å². The molecule has 5 nitrogen and oxygen atoms in total. The number of nitrogens with zero attached hydrogens (tertiary/aromatic N) is 1. The van der Waals surface area contributed by atoms with Gasteiger partial charge in [-0.05, 0) is 30.2 Å². The minimum Gasteiger partial charge on any atom is -0.497 e. The number of methoxy groups -OCH3 is 1. The predicted molar refractivity (Wildman–Crippen MR) is 84.3 cm³/mol. The highest BCUT2D eigenvalue weighted by atomic mass is 16.6. The summed E-state index contributed by atoms with van der Waals surface area (Å²) in [5.41, 5.74) is 0.524. The summed E-state index contributed by atoms with van der Waals surface area (Å²) >= 11 is 0. The highest BCUT2D eigenvalue weighted by Crippen LogP contribution is 2.13. The Kier molecular flexibility index (Phi) is 6.21. The molecule has 1 saturated heterocycles. The third-order valence-electron chi connectivity index (χ3n) is 3.57. The van der Waals surface area contributed by atoms with Gasteiger partial charge in [0.25, 0.3) is 0 Å². The molecule has 1 unspecified atom stereocenters. The monoisotopic (exact) mass is 307 g/mol. The molecule has 1 heterocycles. The Bertz CT molecular complexity index is 472. The largest absolute Gasteiger partial charge is 0.497 e. The lowest BCUT2D eigenvalue weighted by atomic mass is 10.2. The molecule has 0 spiro atoms. The molecule has 0 amide bonds. The van der Waals surface area contributed by atoms with E-state index in [-0.39, 0.29) is 12.1 Å². The Morgan fingerprint density at radius 2 is 2.09 bits per heavy atom. The van der Waals surface area contributed by atoms with Gasteiger partial charge < -0.3 is 14.2 Å². The summed E-state index contributed by atoms with van der Waals surface area (Å²) < 4.78 is 16.1. The van der Waals surface area contributed by atoms with E-state index in [0.717, 1.165) is 25.4 Å². The third-order valence-corrected chi connectivity index (χ3v) is 3.57. The van der Waals surface area contributed by atoms with Gasteiger partial charge in [-0.1, -0.05) is 13.8 Å². The van der Waals surface area contributed by atoms with Gasteiger partial charge in [0, 0.05) is 19.6 Å². The molecule has 1 aromatic carbocycles. The van der Waals surface area contributed by atoms with Gasteiger partial charge in [0.1, 0.15) is 18.5 Å². The number of benzene rings is 1. The Morgan fingerprint density at radius 1 is 1.36 bits per heavy atom. The first-order valence-electron chi connectivity index (χ1n) is 7.73. The minimum absolute atomic E-state index is 0.0466. The summed E-state index contributed by atoms with van der Waals surface area (Å²) in [5, 5.41) is 0. The van der Waals surface area contributed by atoms with Crippen LogP contribution in [-0.4, -0.2) is 56.9 Å². The van der Waals surface area contributed by atoms with Crippen molar-refractivity contribution in [2.75, 3.05) is 40.0 Å². The molecule has 1 fully saturated rings. The average Bonchev–Trinajstić information content (AvgIpc) is 2.52. The summed E-state index contributed by atoms with van der Waals surface area (Å²) in [7, 11) is 1.59. The third kappa shape index (κ3) is 5.00. The van der Waals surface area contributed by atoms with Crippen molar-refractivity contribution in [3.05, 3.63) is 29.8 Å². The molecule has 0 N–H and O–H groups in total. The summed E-state index contributed by atoms with van der Waals surface area (Å²) in [5.74, 6) is 1.02. The van der Waals surface area contributed by atoms with Crippen molar-refractivity contribution >= 4 is 5.97 Å². The highest BCUT2D eigenvalue weighted by Gasteiger charge is 2.22. The van der Waals surface area contributed by atoms with Crippen molar-refractivity contribution in [3.63, 3.8) is 0 Å². The molecule has 1 aliphatic heterocycles. The fraction of sp³-hybridized carbons (Fsp3) is 0.588. The van der Waals surface area contributed by atoms with Gasteiger partial charge in [0.2, 0.25) is 0 Å². The van der Waals surface area contributed by atoms with Crippen LogP contribution in [-0.2, 0) is 9.47 Å². The molecule has 22 heavy (non-hydrogen) atoms. The second-order valence-electron chi connectivity index (χ2n) is 5.97. The van der Waals surface area contributed by atoms with Crippen LogP contribution in [0.5, 0.6) is 5.75 Å². The fourth-order valence-corrected chi connectivity index (χ4v) is 2.54. The van der Waals surface area contributed by atoms with E-state index in [1.165, 1.54) is 0 Å². The summed E-state index contributed by atoms with van der Waals surface area (Å²) in [4.78, 5) is 14.4. The zero-order valence-electron chi connectivity index (χ0n) is 13.6. The molecule has 1 aromatic rings. The van der Waals surface area contributed by atoms with Crippen LogP contribution in [0.3, 0.4) is 0 Å². The number of hydrogen-bond donors (Lipinski definition) is 0. The summed E-state index contributed by atoms with van der Waals surface area (Å²) in [6, 6.07) is 6.90. The number of morpholine rings is 1. The van der Waals surface area contributed by atoms with Gasteiger partial charge in [-0.25, -0.2) is 4.79 Å². The van der Waals surface area contributed by atoms with Crippen molar-refractivity contribution in [2.45, 2.75) is 20.0 Å². The molecule has 1 aliphatic rings. The Balaban J connectivity index is 1.79. The molecule has 0 radical (unpaired) electrons. The fourth-order valence-electron chi connectivity index (χ4n) is 2.54. The molecule has 5 heteroatoms. The number of hydrogen-bond acceptors (Lipinski definition) is 5. The first-order chi connectivity index (χ1) is 10.6. The maximum Gasteiger partial charge on any atom is 0.338 e. The van der Waals surface area contributed by atoms with Crippen LogP contribution in [0, 0.1) is 5.92 Å². The van der Waals surface area contributed by atoms with Crippen molar-refractivity contribution in [3.8, 4) is 5.75 Å². The van der Waals surface area contributed by atoms with E-state index in [0.29, 0.717) is 24.7 Å². The molecular formula is C17H25NO4. The zero-order valence-corrected chi connectivity index (χ0v) is 13.6. The normalized spacial score (nSPS) is 19.2. The van der Waals surface area contributed by atoms with Crippen molar-refractivity contribution < 1.29 is 19.0 Å². The van der Waals surface area contributed by atoms with Gasteiger partial charge in [-0.3, -0.25) is 4.90 Å². The molecular weight excluding hydrogens is 282 g/mol. The van der Waals surface area contributed by atoms with E-state index in [1.807, 2.05) is 0 Å². The topological polar surface area (TPSA) is 48.0 Å². The Morgan fingerprint density at radius 3 is 2.73 bits per heavy atom. The van der Waals surface area contributed by atoms with Crippen LogP contribution in [0.4, 0.5) is 0 Å². The SMILES string of the molecule is COc1ccc(C(=O)OCC2CN(CC(C)C)CCO2)cc1. The predicted octanol–water partition coefficient (Wildman–Crippen LogP) is 2.21. The maximum atomic E-state index is 12.0. The van der Waals surface area contributed by atoms with E-state index in [9.17, 15) is 4.79 Å². The van der Waals surface area contributed by atoms with Gasteiger partial charge in [0.15, 0.2) is 0 Å². The number of carbonyl (C=O) groups is 1. The lowest BCUT2D eigenvalue weighted by molar-refractivity contribution is -0.0612. The highest BCUT2D eigenvalue weighted by molar-refractivity contribution is 5.89. The lowest BCUT2D eigenvalue weighted by Gasteiger charge is -2.33. The van der Waals surface area contributed by atoms with E-state index < -0.39 is 0 Å². The summed E-state index contributed by atoms with van der Waals surface area (Å²) in [6.07, 6.45) is -0.0466. The number of esters is 1.